The van der Waals surface area contributed by atoms with E-state index in [1.54, 1.807) is 0 Å². The molecule has 1 aliphatic rings. The molecule has 0 aromatic rings. The molecule has 0 amide bonds. The Hall–Kier alpha value is -0.240. The highest BCUT2D eigenvalue weighted by molar-refractivity contribution is 4.82. The summed E-state index contributed by atoms with van der Waals surface area (Å²) in [5.74, 6) is 0. The van der Waals surface area contributed by atoms with Gasteiger partial charge in [0.2, 0.25) is 0 Å². The fourth-order valence-corrected chi connectivity index (χ4v) is 1.09. The smallest absolute Gasteiger partial charge is 0.186 e. The zero-order valence-electron chi connectivity index (χ0n) is 7.04. The van der Waals surface area contributed by atoms with Crippen molar-refractivity contribution < 1.29 is 29.9 Å². The molecule has 1 fully saturated rings. The van der Waals surface area contributed by atoms with Crippen LogP contribution in [0, 0.1) is 0 Å². The molecule has 6 nitrogen and oxygen atoms in total. The van der Waals surface area contributed by atoms with Gasteiger partial charge in [-0.2, -0.15) is 0 Å². The molecular weight excluding hydrogens is 180 g/mol. The van der Waals surface area contributed by atoms with Crippen LogP contribution in [0.5, 0.6) is 0 Å². The van der Waals surface area contributed by atoms with Crippen LogP contribution in [-0.4, -0.2) is 64.8 Å². The zero-order valence-corrected chi connectivity index (χ0v) is 7.04. The summed E-state index contributed by atoms with van der Waals surface area (Å²) in [7, 11) is 0. The molecule has 0 spiro atoms. The molecular formula is C7H14O6. The summed E-state index contributed by atoms with van der Waals surface area (Å²) in [5.41, 5.74) is 0. The number of aliphatic hydroxyl groups excluding tert-OH is 4. The van der Waals surface area contributed by atoms with Crippen molar-refractivity contribution >= 4 is 0 Å². The van der Waals surface area contributed by atoms with E-state index in [0.717, 1.165) is 0 Å². The summed E-state index contributed by atoms with van der Waals surface area (Å²) in [5, 5.41) is 36.0. The van der Waals surface area contributed by atoms with E-state index in [1.807, 2.05) is 0 Å². The monoisotopic (exact) mass is 194 g/mol. The van der Waals surface area contributed by atoms with Gasteiger partial charge < -0.3 is 29.9 Å². The third-order valence-electron chi connectivity index (χ3n) is 1.83. The van der Waals surface area contributed by atoms with Gasteiger partial charge in [0.25, 0.3) is 0 Å². The molecule has 0 radical (unpaired) electrons. The lowest BCUT2D eigenvalue weighted by atomic mass is 10.1. The largest absolute Gasteiger partial charge is 0.394 e. The maximum absolute atomic E-state index is 9.29. The summed E-state index contributed by atoms with van der Waals surface area (Å²) >= 11 is 0. The van der Waals surface area contributed by atoms with Crippen LogP contribution in [0.25, 0.3) is 0 Å². The molecule has 0 aromatic carbocycles. The van der Waals surface area contributed by atoms with Crippen molar-refractivity contribution in [3.63, 3.8) is 0 Å². The Kier molecular flexibility index (Phi) is 4.04. The first-order valence-corrected chi connectivity index (χ1v) is 4.05. The van der Waals surface area contributed by atoms with Crippen molar-refractivity contribution in [1.82, 2.24) is 0 Å². The summed E-state index contributed by atoms with van der Waals surface area (Å²) < 4.78 is 9.75. The van der Waals surface area contributed by atoms with Crippen LogP contribution in [0.3, 0.4) is 0 Å². The first-order valence-electron chi connectivity index (χ1n) is 4.05. The van der Waals surface area contributed by atoms with Gasteiger partial charge in [-0.3, -0.25) is 0 Å². The molecule has 1 heterocycles. The average Bonchev–Trinajstić information content (AvgIpc) is 2.13. The van der Waals surface area contributed by atoms with E-state index in [4.69, 9.17) is 19.7 Å². The van der Waals surface area contributed by atoms with Crippen LogP contribution in [0.1, 0.15) is 0 Å². The molecule has 4 atom stereocenters. The Morgan fingerprint density at radius 1 is 1.23 bits per heavy atom. The Labute approximate surface area is 75.3 Å². The second-order valence-corrected chi connectivity index (χ2v) is 2.84. The van der Waals surface area contributed by atoms with Gasteiger partial charge in [-0.15, -0.1) is 0 Å². The van der Waals surface area contributed by atoms with Crippen molar-refractivity contribution in [1.29, 1.82) is 0 Å². The quantitative estimate of drug-likeness (QED) is 0.394. The van der Waals surface area contributed by atoms with Crippen LogP contribution in [0.4, 0.5) is 0 Å². The van der Waals surface area contributed by atoms with Gasteiger partial charge >= 0.3 is 0 Å². The lowest BCUT2D eigenvalue weighted by Crippen LogP contribution is -2.53. The maximum Gasteiger partial charge on any atom is 0.186 e. The predicted molar refractivity (Wildman–Crippen MR) is 40.8 cm³/mol. The molecule has 1 aliphatic heterocycles. The number of rotatable bonds is 3. The van der Waals surface area contributed by atoms with Gasteiger partial charge in [-0.1, -0.05) is 0 Å². The third kappa shape index (κ3) is 2.60. The maximum atomic E-state index is 9.29. The van der Waals surface area contributed by atoms with Gasteiger partial charge in [0.05, 0.1) is 19.8 Å². The minimum atomic E-state index is -1.28. The highest BCUT2D eigenvalue weighted by Crippen LogP contribution is 2.16. The topological polar surface area (TPSA) is 99.4 Å². The van der Waals surface area contributed by atoms with Crippen LogP contribution < -0.4 is 0 Å². The second-order valence-electron chi connectivity index (χ2n) is 2.84. The van der Waals surface area contributed by atoms with E-state index in [1.165, 1.54) is 0 Å². The van der Waals surface area contributed by atoms with E-state index in [0.29, 0.717) is 0 Å². The second kappa shape index (κ2) is 4.85. The molecule has 78 valence electrons. The highest BCUT2D eigenvalue weighted by atomic mass is 16.7. The third-order valence-corrected chi connectivity index (χ3v) is 1.83. The fraction of sp³-hybridized carbons (Fsp3) is 1.00. The van der Waals surface area contributed by atoms with Gasteiger partial charge in [0.15, 0.2) is 6.29 Å². The van der Waals surface area contributed by atoms with Crippen molar-refractivity contribution in [2.24, 2.45) is 0 Å². The van der Waals surface area contributed by atoms with Crippen molar-refractivity contribution in [2.45, 2.75) is 24.6 Å². The number of hydrogen-bond donors (Lipinski definition) is 4. The zero-order chi connectivity index (χ0) is 9.84. The molecule has 0 aromatic heterocycles. The van der Waals surface area contributed by atoms with Crippen molar-refractivity contribution in [2.75, 3.05) is 19.8 Å². The first kappa shape index (κ1) is 10.8. The van der Waals surface area contributed by atoms with Crippen molar-refractivity contribution in [3.8, 4) is 0 Å². The van der Waals surface area contributed by atoms with Gasteiger partial charge in [0, 0.05) is 0 Å². The summed E-state index contributed by atoms with van der Waals surface area (Å²) in [6.07, 6.45) is -4.62. The van der Waals surface area contributed by atoms with Gasteiger partial charge in [-0.05, 0) is 0 Å². The lowest BCUT2D eigenvalue weighted by molar-refractivity contribution is -0.271. The molecule has 1 rings (SSSR count). The van der Waals surface area contributed by atoms with Gasteiger partial charge in [0.1, 0.15) is 18.3 Å². The van der Waals surface area contributed by atoms with E-state index >= 15 is 0 Å². The van der Waals surface area contributed by atoms with Gasteiger partial charge in [-0.25, -0.2) is 0 Å². The minimum Gasteiger partial charge on any atom is -0.394 e. The standard InChI is InChI=1S/C7H14O6/c8-1-2-12-7-6(11)5(10)4(9)3-13-7/h4-11H,1-3H2/t4-,5+,6-,7+/m1/s1. The normalized spacial score (nSPS) is 40.6. The first-order chi connectivity index (χ1) is 6.16. The number of hydrogen-bond acceptors (Lipinski definition) is 6. The van der Waals surface area contributed by atoms with E-state index in [-0.39, 0.29) is 19.8 Å². The molecule has 0 bridgehead atoms. The summed E-state index contributed by atoms with van der Waals surface area (Å²) in [4.78, 5) is 0. The SMILES string of the molecule is OCCO[C@H]1OC[C@@H](O)[C@H](O)[C@H]1O. The Bertz CT molecular complexity index is 150. The van der Waals surface area contributed by atoms with Crippen LogP contribution in [-0.2, 0) is 9.47 Å². The molecule has 0 saturated carbocycles. The Morgan fingerprint density at radius 2 is 1.92 bits per heavy atom. The highest BCUT2D eigenvalue weighted by Gasteiger charge is 2.37. The number of aliphatic hydroxyl groups is 4. The van der Waals surface area contributed by atoms with E-state index in [9.17, 15) is 10.2 Å². The minimum absolute atomic E-state index is 0.0184. The number of ether oxygens (including phenoxy) is 2. The van der Waals surface area contributed by atoms with Crippen LogP contribution in [0.15, 0.2) is 0 Å². The summed E-state index contributed by atoms with van der Waals surface area (Å²) in [6.45, 7) is -0.260. The molecule has 1 saturated heterocycles. The molecule has 0 unspecified atom stereocenters. The Morgan fingerprint density at radius 3 is 2.54 bits per heavy atom. The van der Waals surface area contributed by atoms with Crippen molar-refractivity contribution in [3.05, 3.63) is 0 Å². The predicted octanol–water partition coefficient (Wildman–Crippen LogP) is -2.57. The van der Waals surface area contributed by atoms with E-state index in [2.05, 4.69) is 0 Å². The molecule has 0 aliphatic carbocycles. The van der Waals surface area contributed by atoms with E-state index < -0.39 is 24.6 Å². The summed E-state index contributed by atoms with van der Waals surface area (Å²) in [6, 6.07) is 0. The van der Waals surface area contributed by atoms with Crippen LogP contribution in [0.2, 0.25) is 0 Å². The molecule has 4 N–H and O–H groups in total. The fourth-order valence-electron chi connectivity index (χ4n) is 1.09. The molecule has 13 heavy (non-hydrogen) atoms. The Balaban J connectivity index is 2.39. The lowest BCUT2D eigenvalue weighted by Gasteiger charge is -2.34. The average molecular weight is 194 g/mol. The van der Waals surface area contributed by atoms with Crippen LogP contribution >= 0.6 is 0 Å². The molecule has 6 heteroatoms.